The van der Waals surface area contributed by atoms with Gasteiger partial charge >= 0.3 is 6.03 Å². The van der Waals surface area contributed by atoms with Crippen molar-refractivity contribution in [1.82, 2.24) is 20.4 Å². The van der Waals surface area contributed by atoms with Gasteiger partial charge in [-0.25, -0.2) is 4.79 Å². The first-order valence-corrected chi connectivity index (χ1v) is 6.96. The summed E-state index contributed by atoms with van der Waals surface area (Å²) in [4.78, 5) is 11.8. The predicted octanol–water partition coefficient (Wildman–Crippen LogP) is 1.49. The van der Waals surface area contributed by atoms with Crippen molar-refractivity contribution in [3.63, 3.8) is 0 Å². The van der Waals surface area contributed by atoms with Gasteiger partial charge in [0.15, 0.2) is 11.5 Å². The monoisotopic (exact) mass is 304 g/mol. The third kappa shape index (κ3) is 4.41. The number of phenols is 1. The first-order chi connectivity index (χ1) is 10.6. The standard InChI is InChI=1S/C15H20N4O3/c1-11(10-19-7-3-6-17-19)18-15(21)16-9-12-4-5-14(22-2)13(20)8-12/h3-8,11,20H,9-10H2,1-2H3,(H2,16,18,21)/t11-/m1/s1. The van der Waals surface area contributed by atoms with Gasteiger partial charge in [0.25, 0.3) is 0 Å². The second kappa shape index (κ2) is 7.35. The van der Waals surface area contributed by atoms with E-state index in [0.717, 1.165) is 5.56 Å². The molecule has 0 unspecified atom stereocenters. The normalized spacial score (nSPS) is 11.7. The van der Waals surface area contributed by atoms with Gasteiger partial charge in [-0.05, 0) is 30.7 Å². The number of ether oxygens (including phenoxy) is 1. The molecule has 0 saturated carbocycles. The molecule has 7 heteroatoms. The Bertz CT molecular complexity index is 613. The molecule has 22 heavy (non-hydrogen) atoms. The summed E-state index contributed by atoms with van der Waals surface area (Å²) >= 11 is 0. The average molecular weight is 304 g/mol. The smallest absolute Gasteiger partial charge is 0.315 e. The van der Waals surface area contributed by atoms with E-state index in [9.17, 15) is 9.90 Å². The zero-order chi connectivity index (χ0) is 15.9. The van der Waals surface area contributed by atoms with Gasteiger partial charge in [-0.3, -0.25) is 4.68 Å². The highest BCUT2D eigenvalue weighted by molar-refractivity contribution is 5.74. The summed E-state index contributed by atoms with van der Waals surface area (Å²) in [5, 5.41) is 19.3. The minimum atomic E-state index is -0.269. The highest BCUT2D eigenvalue weighted by atomic mass is 16.5. The number of carbonyl (C=O) groups is 1. The van der Waals surface area contributed by atoms with Gasteiger partial charge in [0.2, 0.25) is 0 Å². The van der Waals surface area contributed by atoms with E-state index in [4.69, 9.17) is 4.74 Å². The molecule has 0 aliphatic rings. The van der Waals surface area contributed by atoms with Crippen LogP contribution in [-0.2, 0) is 13.1 Å². The SMILES string of the molecule is COc1ccc(CNC(=O)N[C@H](C)Cn2cccn2)cc1O. The number of amides is 2. The van der Waals surface area contributed by atoms with Crippen LogP contribution < -0.4 is 15.4 Å². The lowest BCUT2D eigenvalue weighted by Crippen LogP contribution is -2.42. The minimum Gasteiger partial charge on any atom is -0.504 e. The third-order valence-corrected chi connectivity index (χ3v) is 3.09. The summed E-state index contributed by atoms with van der Waals surface area (Å²) in [6, 6.07) is 6.52. The van der Waals surface area contributed by atoms with Gasteiger partial charge < -0.3 is 20.5 Å². The molecule has 0 aliphatic heterocycles. The minimum absolute atomic E-state index is 0.0502. The molecule has 0 fully saturated rings. The number of carbonyl (C=O) groups excluding carboxylic acids is 1. The van der Waals surface area contributed by atoms with Crippen molar-refractivity contribution >= 4 is 6.03 Å². The molecule has 2 amide bonds. The Kier molecular flexibility index (Phi) is 5.24. The van der Waals surface area contributed by atoms with Crippen molar-refractivity contribution in [2.75, 3.05) is 7.11 Å². The molecule has 118 valence electrons. The zero-order valence-corrected chi connectivity index (χ0v) is 12.6. The number of aromatic hydroxyl groups is 1. The fourth-order valence-corrected chi connectivity index (χ4v) is 2.04. The number of hydrogen-bond acceptors (Lipinski definition) is 4. The highest BCUT2D eigenvalue weighted by Crippen LogP contribution is 2.25. The van der Waals surface area contributed by atoms with Crippen molar-refractivity contribution in [1.29, 1.82) is 0 Å². The molecule has 1 atom stereocenters. The fourth-order valence-electron chi connectivity index (χ4n) is 2.04. The molecule has 0 saturated heterocycles. The lowest BCUT2D eigenvalue weighted by Gasteiger charge is -2.15. The summed E-state index contributed by atoms with van der Waals surface area (Å²) in [7, 11) is 1.49. The highest BCUT2D eigenvalue weighted by Gasteiger charge is 2.08. The summed E-state index contributed by atoms with van der Waals surface area (Å²) in [6.07, 6.45) is 3.54. The van der Waals surface area contributed by atoms with Crippen LogP contribution in [-0.4, -0.2) is 34.1 Å². The van der Waals surface area contributed by atoms with E-state index in [-0.39, 0.29) is 17.8 Å². The Labute approximate surface area is 128 Å². The van der Waals surface area contributed by atoms with Crippen molar-refractivity contribution in [2.24, 2.45) is 0 Å². The van der Waals surface area contributed by atoms with Crippen molar-refractivity contribution in [3.8, 4) is 11.5 Å². The third-order valence-electron chi connectivity index (χ3n) is 3.09. The average Bonchev–Trinajstić information content (AvgIpc) is 2.98. The van der Waals surface area contributed by atoms with E-state index >= 15 is 0 Å². The quantitative estimate of drug-likeness (QED) is 0.754. The van der Waals surface area contributed by atoms with Gasteiger partial charge in [-0.15, -0.1) is 0 Å². The molecule has 7 nitrogen and oxygen atoms in total. The van der Waals surface area contributed by atoms with Gasteiger partial charge in [-0.2, -0.15) is 5.10 Å². The number of rotatable bonds is 6. The molecule has 3 N–H and O–H groups in total. The van der Waals surface area contributed by atoms with Gasteiger partial charge in [-0.1, -0.05) is 6.07 Å². The number of methoxy groups -OCH3 is 1. The fraction of sp³-hybridized carbons (Fsp3) is 0.333. The lowest BCUT2D eigenvalue weighted by molar-refractivity contribution is 0.235. The molecule has 1 heterocycles. The molecule has 0 radical (unpaired) electrons. The van der Waals surface area contributed by atoms with Crippen LogP contribution >= 0.6 is 0 Å². The number of nitrogens with zero attached hydrogens (tertiary/aromatic N) is 2. The number of hydrogen-bond donors (Lipinski definition) is 3. The maximum Gasteiger partial charge on any atom is 0.315 e. The van der Waals surface area contributed by atoms with Gasteiger partial charge in [0.05, 0.1) is 13.7 Å². The molecule has 2 aromatic rings. The predicted molar refractivity (Wildman–Crippen MR) is 81.7 cm³/mol. The first kappa shape index (κ1) is 15.7. The molecular formula is C15H20N4O3. The van der Waals surface area contributed by atoms with E-state index in [1.807, 2.05) is 19.2 Å². The first-order valence-electron chi connectivity index (χ1n) is 6.96. The van der Waals surface area contributed by atoms with Gasteiger partial charge in [0, 0.05) is 25.0 Å². The summed E-state index contributed by atoms with van der Waals surface area (Å²) < 4.78 is 6.73. The van der Waals surface area contributed by atoms with Crippen molar-refractivity contribution in [2.45, 2.75) is 26.1 Å². The molecule has 1 aromatic heterocycles. The molecule has 0 spiro atoms. The van der Waals surface area contributed by atoms with E-state index in [1.165, 1.54) is 7.11 Å². The molecular weight excluding hydrogens is 284 g/mol. The molecule has 0 aliphatic carbocycles. The number of benzene rings is 1. The zero-order valence-electron chi connectivity index (χ0n) is 12.6. The maximum absolute atomic E-state index is 11.8. The van der Waals surface area contributed by atoms with E-state index < -0.39 is 0 Å². The Morgan fingerprint density at radius 3 is 2.95 bits per heavy atom. The Balaban J connectivity index is 1.78. The Hall–Kier alpha value is -2.70. The lowest BCUT2D eigenvalue weighted by atomic mass is 10.2. The van der Waals surface area contributed by atoms with Crippen LogP contribution in [0, 0.1) is 0 Å². The van der Waals surface area contributed by atoms with Crippen molar-refractivity contribution in [3.05, 3.63) is 42.2 Å². The Morgan fingerprint density at radius 2 is 2.32 bits per heavy atom. The number of urea groups is 1. The van der Waals surface area contributed by atoms with E-state index in [0.29, 0.717) is 18.8 Å². The van der Waals surface area contributed by atoms with Crippen LogP contribution in [0.15, 0.2) is 36.7 Å². The number of aromatic nitrogens is 2. The summed E-state index contributed by atoms with van der Waals surface area (Å²) in [5.74, 6) is 0.454. The van der Waals surface area contributed by atoms with E-state index in [1.54, 1.807) is 29.1 Å². The van der Waals surface area contributed by atoms with Gasteiger partial charge in [0.1, 0.15) is 0 Å². The second-order valence-corrected chi connectivity index (χ2v) is 4.96. The second-order valence-electron chi connectivity index (χ2n) is 4.96. The Morgan fingerprint density at radius 1 is 1.50 bits per heavy atom. The summed E-state index contributed by atoms with van der Waals surface area (Å²) in [5.41, 5.74) is 0.785. The van der Waals surface area contributed by atoms with Crippen LogP contribution in [0.1, 0.15) is 12.5 Å². The number of phenolic OH excluding ortho intramolecular Hbond substituents is 1. The van der Waals surface area contributed by atoms with Crippen LogP contribution in [0.25, 0.3) is 0 Å². The van der Waals surface area contributed by atoms with Crippen LogP contribution in [0.3, 0.4) is 0 Å². The van der Waals surface area contributed by atoms with Crippen molar-refractivity contribution < 1.29 is 14.6 Å². The topological polar surface area (TPSA) is 88.4 Å². The molecule has 1 aromatic carbocycles. The summed E-state index contributed by atoms with van der Waals surface area (Å²) in [6.45, 7) is 2.82. The molecule has 0 bridgehead atoms. The van der Waals surface area contributed by atoms with Crippen LogP contribution in [0.2, 0.25) is 0 Å². The largest absolute Gasteiger partial charge is 0.504 e. The maximum atomic E-state index is 11.8. The van der Waals surface area contributed by atoms with Crippen LogP contribution in [0.5, 0.6) is 11.5 Å². The van der Waals surface area contributed by atoms with Crippen LogP contribution in [0.4, 0.5) is 4.79 Å². The number of nitrogens with one attached hydrogen (secondary N) is 2. The molecule has 2 rings (SSSR count). The van der Waals surface area contributed by atoms with E-state index in [2.05, 4.69) is 15.7 Å².